The highest BCUT2D eigenvalue weighted by Crippen LogP contribution is 2.22. The van der Waals surface area contributed by atoms with Crippen molar-refractivity contribution in [2.45, 2.75) is 19.4 Å². The van der Waals surface area contributed by atoms with Gasteiger partial charge in [0.05, 0.1) is 5.02 Å². The van der Waals surface area contributed by atoms with Gasteiger partial charge in [-0.05, 0) is 30.5 Å². The zero-order chi connectivity index (χ0) is 12.3. The van der Waals surface area contributed by atoms with Crippen LogP contribution in [0.2, 0.25) is 5.02 Å². The molecule has 2 rings (SSSR count). The van der Waals surface area contributed by atoms with Crippen LogP contribution in [-0.4, -0.2) is 4.98 Å². The van der Waals surface area contributed by atoms with Crippen LogP contribution >= 0.6 is 11.6 Å². The Morgan fingerprint density at radius 2 is 1.94 bits per heavy atom. The predicted octanol–water partition coefficient (Wildman–Crippen LogP) is 3.29. The van der Waals surface area contributed by atoms with Gasteiger partial charge in [0.2, 0.25) is 0 Å². The highest BCUT2D eigenvalue weighted by atomic mass is 35.5. The van der Waals surface area contributed by atoms with Crippen LogP contribution < -0.4 is 5.73 Å². The van der Waals surface area contributed by atoms with Crippen LogP contribution in [0, 0.1) is 6.92 Å². The molecule has 0 spiro atoms. The molecule has 0 saturated carbocycles. The van der Waals surface area contributed by atoms with Crippen molar-refractivity contribution < 1.29 is 0 Å². The molecule has 0 aliphatic heterocycles. The molecule has 1 heterocycles. The smallest absolute Gasteiger partial charge is 0.0637 e. The van der Waals surface area contributed by atoms with Crippen molar-refractivity contribution in [2.75, 3.05) is 0 Å². The van der Waals surface area contributed by atoms with E-state index >= 15 is 0 Å². The first-order valence-corrected chi connectivity index (χ1v) is 5.95. The second-order valence-corrected chi connectivity index (χ2v) is 4.60. The van der Waals surface area contributed by atoms with Gasteiger partial charge in [0.25, 0.3) is 0 Å². The van der Waals surface area contributed by atoms with Crippen molar-refractivity contribution in [3.63, 3.8) is 0 Å². The molecule has 0 aliphatic rings. The van der Waals surface area contributed by atoms with E-state index in [2.05, 4.69) is 36.2 Å². The molecule has 0 saturated heterocycles. The van der Waals surface area contributed by atoms with E-state index in [0.29, 0.717) is 5.02 Å². The second kappa shape index (κ2) is 5.30. The second-order valence-electron chi connectivity index (χ2n) is 4.19. The first kappa shape index (κ1) is 12.1. The van der Waals surface area contributed by atoms with Crippen LogP contribution in [0.1, 0.15) is 22.7 Å². The fraction of sp³-hybridized carbons (Fsp3) is 0.214. The van der Waals surface area contributed by atoms with Crippen LogP contribution in [0.25, 0.3) is 0 Å². The molecule has 2 nitrogen and oxygen atoms in total. The number of hydrogen-bond donors (Lipinski definition) is 1. The summed E-state index contributed by atoms with van der Waals surface area (Å²) in [6.45, 7) is 2.07. The number of rotatable bonds is 3. The molecule has 3 heteroatoms. The average molecular weight is 247 g/mol. The quantitative estimate of drug-likeness (QED) is 0.903. The maximum Gasteiger partial charge on any atom is 0.0637 e. The zero-order valence-corrected chi connectivity index (χ0v) is 10.5. The minimum atomic E-state index is -0.0896. The molecule has 0 amide bonds. The topological polar surface area (TPSA) is 38.9 Å². The van der Waals surface area contributed by atoms with Gasteiger partial charge in [0.15, 0.2) is 0 Å². The summed E-state index contributed by atoms with van der Waals surface area (Å²) in [6, 6.07) is 10.2. The van der Waals surface area contributed by atoms with Crippen molar-refractivity contribution in [1.82, 2.24) is 4.98 Å². The molecule has 0 fully saturated rings. The number of nitrogens with zero attached hydrogens (tertiary/aromatic N) is 1. The number of halogens is 1. The molecule has 1 unspecified atom stereocenters. The zero-order valence-electron chi connectivity index (χ0n) is 9.73. The number of pyridine rings is 1. The number of nitrogens with two attached hydrogens (primary N) is 1. The van der Waals surface area contributed by atoms with E-state index in [1.54, 1.807) is 12.4 Å². The number of aromatic nitrogens is 1. The Hall–Kier alpha value is -1.38. The standard InChI is InChI=1S/C14H15ClN2/c1-10-2-4-11(5-3-10)8-14(16)12-6-7-17-9-13(12)15/h2-7,9,14H,8,16H2,1H3. The molecular weight excluding hydrogens is 232 g/mol. The van der Waals surface area contributed by atoms with Gasteiger partial charge in [0, 0.05) is 18.4 Å². The molecule has 17 heavy (non-hydrogen) atoms. The lowest BCUT2D eigenvalue weighted by molar-refractivity contribution is 0.720. The summed E-state index contributed by atoms with van der Waals surface area (Å²) in [5.74, 6) is 0. The molecule has 1 atom stereocenters. The van der Waals surface area contributed by atoms with Crippen molar-refractivity contribution in [3.8, 4) is 0 Å². The van der Waals surface area contributed by atoms with Crippen LogP contribution in [-0.2, 0) is 6.42 Å². The fourth-order valence-corrected chi connectivity index (χ4v) is 2.03. The van der Waals surface area contributed by atoms with E-state index in [1.807, 2.05) is 6.07 Å². The van der Waals surface area contributed by atoms with Crippen molar-refractivity contribution in [3.05, 3.63) is 64.4 Å². The SMILES string of the molecule is Cc1ccc(CC(N)c2ccncc2Cl)cc1. The third-order valence-electron chi connectivity index (χ3n) is 2.78. The Morgan fingerprint density at radius 1 is 1.24 bits per heavy atom. The van der Waals surface area contributed by atoms with E-state index in [1.165, 1.54) is 11.1 Å². The van der Waals surface area contributed by atoms with Gasteiger partial charge in [-0.1, -0.05) is 41.4 Å². The van der Waals surface area contributed by atoms with Gasteiger partial charge in [-0.2, -0.15) is 0 Å². The largest absolute Gasteiger partial charge is 0.324 e. The van der Waals surface area contributed by atoms with Gasteiger partial charge in [-0.25, -0.2) is 0 Å². The monoisotopic (exact) mass is 246 g/mol. The van der Waals surface area contributed by atoms with Gasteiger partial charge >= 0.3 is 0 Å². The Morgan fingerprint density at radius 3 is 2.59 bits per heavy atom. The average Bonchev–Trinajstić information content (AvgIpc) is 2.32. The number of hydrogen-bond acceptors (Lipinski definition) is 2. The summed E-state index contributed by atoms with van der Waals surface area (Å²) in [7, 11) is 0. The minimum Gasteiger partial charge on any atom is -0.324 e. The summed E-state index contributed by atoms with van der Waals surface area (Å²) in [5, 5.41) is 0.632. The van der Waals surface area contributed by atoms with Crippen molar-refractivity contribution >= 4 is 11.6 Å². The molecular formula is C14H15ClN2. The molecule has 88 valence electrons. The lowest BCUT2D eigenvalue weighted by atomic mass is 10.00. The Kier molecular flexibility index (Phi) is 3.77. The maximum absolute atomic E-state index is 6.15. The summed E-state index contributed by atoms with van der Waals surface area (Å²) >= 11 is 6.07. The molecule has 0 bridgehead atoms. The van der Waals surface area contributed by atoms with Crippen LogP contribution in [0.4, 0.5) is 0 Å². The lowest BCUT2D eigenvalue weighted by Gasteiger charge is -2.13. The van der Waals surface area contributed by atoms with E-state index < -0.39 is 0 Å². The van der Waals surface area contributed by atoms with E-state index in [0.717, 1.165) is 12.0 Å². The van der Waals surface area contributed by atoms with Crippen LogP contribution in [0.5, 0.6) is 0 Å². The number of aryl methyl sites for hydroxylation is 1. The third kappa shape index (κ3) is 3.05. The highest BCUT2D eigenvalue weighted by Gasteiger charge is 2.10. The normalized spacial score (nSPS) is 12.4. The Labute approximate surface area is 106 Å². The summed E-state index contributed by atoms with van der Waals surface area (Å²) in [6.07, 6.45) is 4.13. The van der Waals surface area contributed by atoms with Gasteiger partial charge in [0.1, 0.15) is 0 Å². The third-order valence-corrected chi connectivity index (χ3v) is 3.10. The first-order chi connectivity index (χ1) is 8.16. The minimum absolute atomic E-state index is 0.0896. The highest BCUT2D eigenvalue weighted by molar-refractivity contribution is 6.31. The lowest BCUT2D eigenvalue weighted by Crippen LogP contribution is -2.13. The molecule has 1 aromatic carbocycles. The predicted molar refractivity (Wildman–Crippen MR) is 71.1 cm³/mol. The van der Waals surface area contributed by atoms with E-state index in [9.17, 15) is 0 Å². The molecule has 0 aliphatic carbocycles. The van der Waals surface area contributed by atoms with Gasteiger partial charge < -0.3 is 5.73 Å². The summed E-state index contributed by atoms with van der Waals surface area (Å²) in [5.41, 5.74) is 9.57. The summed E-state index contributed by atoms with van der Waals surface area (Å²) in [4.78, 5) is 3.96. The first-order valence-electron chi connectivity index (χ1n) is 5.57. The number of benzene rings is 1. The van der Waals surface area contributed by atoms with Crippen molar-refractivity contribution in [1.29, 1.82) is 0 Å². The van der Waals surface area contributed by atoms with Gasteiger partial charge in [-0.15, -0.1) is 0 Å². The van der Waals surface area contributed by atoms with Gasteiger partial charge in [-0.3, -0.25) is 4.98 Å². The molecule has 0 radical (unpaired) electrons. The van der Waals surface area contributed by atoms with Crippen molar-refractivity contribution in [2.24, 2.45) is 5.73 Å². The van der Waals surface area contributed by atoms with E-state index in [-0.39, 0.29) is 6.04 Å². The molecule has 2 N–H and O–H groups in total. The molecule has 1 aromatic heterocycles. The van der Waals surface area contributed by atoms with Crippen LogP contribution in [0.3, 0.4) is 0 Å². The fourth-order valence-electron chi connectivity index (χ4n) is 1.77. The van der Waals surface area contributed by atoms with Crippen LogP contribution in [0.15, 0.2) is 42.7 Å². The Bertz CT molecular complexity index is 494. The Balaban J connectivity index is 2.14. The van der Waals surface area contributed by atoms with E-state index in [4.69, 9.17) is 17.3 Å². The molecule has 2 aromatic rings. The maximum atomic E-state index is 6.15. The summed E-state index contributed by atoms with van der Waals surface area (Å²) < 4.78 is 0.